The third-order valence-corrected chi connectivity index (χ3v) is 2.83. The van der Waals surface area contributed by atoms with Gasteiger partial charge in [-0.2, -0.15) is 0 Å². The summed E-state index contributed by atoms with van der Waals surface area (Å²) in [6.45, 7) is 5.30. The van der Waals surface area contributed by atoms with E-state index in [0.717, 1.165) is 25.7 Å². The molecule has 2 nitrogen and oxygen atoms in total. The van der Waals surface area contributed by atoms with Gasteiger partial charge in [-0.1, -0.05) is 6.92 Å². The Morgan fingerprint density at radius 1 is 1.38 bits per heavy atom. The fraction of sp³-hybridized carbons (Fsp3) is 0.500. The largest absolute Gasteiger partial charge is 0.367 e. The highest BCUT2D eigenvalue weighted by atomic mass is 19.1. The molecule has 1 heterocycles. The minimum absolute atomic E-state index is 0.351. The van der Waals surface area contributed by atoms with Crippen LogP contribution >= 0.6 is 0 Å². The van der Waals surface area contributed by atoms with Crippen LogP contribution in [0.4, 0.5) is 14.5 Å². The van der Waals surface area contributed by atoms with Crippen LogP contribution in [-0.2, 0) is 0 Å². The van der Waals surface area contributed by atoms with Gasteiger partial charge in [0.2, 0.25) is 0 Å². The number of hydrogen-bond acceptors (Lipinski definition) is 2. The van der Waals surface area contributed by atoms with Crippen molar-refractivity contribution in [3.63, 3.8) is 0 Å². The van der Waals surface area contributed by atoms with Gasteiger partial charge in [0.1, 0.15) is 11.6 Å². The quantitative estimate of drug-likeness (QED) is 0.788. The second-order valence-corrected chi connectivity index (χ2v) is 4.35. The van der Waals surface area contributed by atoms with Gasteiger partial charge in [-0.3, -0.25) is 0 Å². The number of hydrogen-bond donors (Lipinski definition) is 1. The van der Waals surface area contributed by atoms with Gasteiger partial charge in [-0.05, 0) is 24.6 Å². The van der Waals surface area contributed by atoms with Gasteiger partial charge >= 0.3 is 0 Å². The summed E-state index contributed by atoms with van der Waals surface area (Å²) >= 11 is 0. The van der Waals surface area contributed by atoms with E-state index in [2.05, 4.69) is 12.2 Å². The molecular weight excluding hydrogens is 210 g/mol. The molecule has 2 rings (SSSR count). The molecule has 1 fully saturated rings. The maximum atomic E-state index is 13.6. The Labute approximate surface area is 94.3 Å². The summed E-state index contributed by atoms with van der Waals surface area (Å²) in [5, 5.41) is 3.27. The number of rotatable bonds is 1. The van der Waals surface area contributed by atoms with Crippen LogP contribution < -0.4 is 10.2 Å². The van der Waals surface area contributed by atoms with Crippen molar-refractivity contribution >= 4 is 5.69 Å². The molecule has 0 radical (unpaired) electrons. The second-order valence-electron chi connectivity index (χ2n) is 4.35. The smallest absolute Gasteiger partial charge is 0.146 e. The summed E-state index contributed by atoms with van der Waals surface area (Å²) in [5.41, 5.74) is 0.371. The number of halogens is 2. The molecule has 0 spiro atoms. The van der Waals surface area contributed by atoms with Gasteiger partial charge in [0.25, 0.3) is 0 Å². The van der Waals surface area contributed by atoms with Gasteiger partial charge in [-0.25, -0.2) is 8.78 Å². The molecular formula is C12H16F2N2. The SMILES string of the molecule is CC1CNCCN(c2cc(F)ccc2F)C1. The first-order valence-electron chi connectivity index (χ1n) is 5.57. The Morgan fingerprint density at radius 2 is 2.19 bits per heavy atom. The number of anilines is 1. The molecule has 1 aliphatic rings. The summed E-state index contributed by atoms with van der Waals surface area (Å²) in [6, 6.07) is 3.61. The topological polar surface area (TPSA) is 15.3 Å². The normalized spacial score (nSPS) is 21.9. The van der Waals surface area contributed by atoms with E-state index in [-0.39, 0.29) is 11.6 Å². The van der Waals surface area contributed by atoms with E-state index in [4.69, 9.17) is 0 Å². The zero-order valence-electron chi connectivity index (χ0n) is 9.34. The van der Waals surface area contributed by atoms with Gasteiger partial charge in [-0.15, -0.1) is 0 Å². The lowest BCUT2D eigenvalue weighted by Crippen LogP contribution is -2.30. The molecule has 1 aliphatic heterocycles. The van der Waals surface area contributed by atoms with Crippen molar-refractivity contribution < 1.29 is 8.78 Å². The molecule has 1 aromatic carbocycles. The van der Waals surface area contributed by atoms with Gasteiger partial charge < -0.3 is 10.2 Å². The second kappa shape index (κ2) is 4.78. The summed E-state index contributed by atoms with van der Waals surface area (Å²) in [5.74, 6) is -0.304. The van der Waals surface area contributed by atoms with Crippen molar-refractivity contribution in [1.29, 1.82) is 0 Å². The van der Waals surface area contributed by atoms with Crippen molar-refractivity contribution in [1.82, 2.24) is 5.32 Å². The average molecular weight is 226 g/mol. The van der Waals surface area contributed by atoms with Crippen molar-refractivity contribution in [3.8, 4) is 0 Å². The first kappa shape index (κ1) is 11.3. The Bertz CT molecular complexity index is 368. The molecule has 0 aromatic heterocycles. The van der Waals surface area contributed by atoms with E-state index in [1.807, 2.05) is 4.90 Å². The van der Waals surface area contributed by atoms with Crippen LogP contribution in [-0.4, -0.2) is 26.2 Å². The van der Waals surface area contributed by atoms with Crippen molar-refractivity contribution in [3.05, 3.63) is 29.8 Å². The number of benzene rings is 1. The molecule has 1 saturated heterocycles. The van der Waals surface area contributed by atoms with Gasteiger partial charge in [0, 0.05) is 25.7 Å². The summed E-state index contributed by atoms with van der Waals surface area (Å²) < 4.78 is 26.7. The maximum absolute atomic E-state index is 13.6. The summed E-state index contributed by atoms with van der Waals surface area (Å²) in [4.78, 5) is 1.91. The molecule has 1 aromatic rings. The van der Waals surface area contributed by atoms with Crippen LogP contribution in [0.2, 0.25) is 0 Å². The van der Waals surface area contributed by atoms with E-state index >= 15 is 0 Å². The molecule has 1 unspecified atom stereocenters. The minimum Gasteiger partial charge on any atom is -0.367 e. The minimum atomic E-state index is -0.388. The fourth-order valence-corrected chi connectivity index (χ4v) is 2.04. The Balaban J connectivity index is 2.24. The first-order valence-corrected chi connectivity index (χ1v) is 5.57. The van der Waals surface area contributed by atoms with Crippen molar-refractivity contribution in [2.24, 2.45) is 5.92 Å². The van der Waals surface area contributed by atoms with Crippen LogP contribution in [0.15, 0.2) is 18.2 Å². The van der Waals surface area contributed by atoms with Crippen LogP contribution in [0, 0.1) is 17.6 Å². The Hall–Kier alpha value is -1.16. The fourth-order valence-electron chi connectivity index (χ4n) is 2.04. The highest BCUT2D eigenvalue weighted by molar-refractivity contribution is 5.48. The Kier molecular flexibility index (Phi) is 3.39. The molecule has 0 amide bonds. The molecule has 88 valence electrons. The predicted molar refractivity (Wildman–Crippen MR) is 60.6 cm³/mol. The van der Waals surface area contributed by atoms with E-state index in [1.165, 1.54) is 12.1 Å². The first-order chi connectivity index (χ1) is 7.66. The predicted octanol–water partition coefficient (Wildman–Crippen LogP) is 2.01. The molecule has 1 N–H and O–H groups in total. The van der Waals surface area contributed by atoms with E-state index in [0.29, 0.717) is 18.2 Å². The number of nitrogens with zero attached hydrogens (tertiary/aromatic N) is 1. The van der Waals surface area contributed by atoms with Crippen LogP contribution in [0.5, 0.6) is 0 Å². The van der Waals surface area contributed by atoms with Crippen LogP contribution in [0.3, 0.4) is 0 Å². The Morgan fingerprint density at radius 3 is 3.00 bits per heavy atom. The summed E-state index contributed by atoms with van der Waals surface area (Å²) in [6.07, 6.45) is 0. The van der Waals surface area contributed by atoms with E-state index in [1.54, 1.807) is 0 Å². The third-order valence-electron chi connectivity index (χ3n) is 2.83. The van der Waals surface area contributed by atoms with Crippen molar-refractivity contribution in [2.75, 3.05) is 31.1 Å². The molecule has 0 aliphatic carbocycles. The lowest BCUT2D eigenvalue weighted by molar-refractivity contribution is 0.555. The van der Waals surface area contributed by atoms with E-state index < -0.39 is 0 Å². The highest BCUT2D eigenvalue weighted by Crippen LogP contribution is 2.21. The molecule has 16 heavy (non-hydrogen) atoms. The molecule has 4 heteroatoms. The van der Waals surface area contributed by atoms with Crippen LogP contribution in [0.25, 0.3) is 0 Å². The highest BCUT2D eigenvalue weighted by Gasteiger charge is 2.17. The van der Waals surface area contributed by atoms with Crippen molar-refractivity contribution in [2.45, 2.75) is 6.92 Å². The maximum Gasteiger partial charge on any atom is 0.146 e. The summed E-state index contributed by atoms with van der Waals surface area (Å²) in [7, 11) is 0. The zero-order chi connectivity index (χ0) is 11.5. The molecule has 0 saturated carbocycles. The molecule has 1 atom stereocenters. The average Bonchev–Trinajstić information content (AvgIpc) is 2.46. The lowest BCUT2D eigenvalue weighted by atomic mass is 10.1. The monoisotopic (exact) mass is 226 g/mol. The molecule has 0 bridgehead atoms. The standard InChI is InChI=1S/C12H16F2N2/c1-9-7-15-4-5-16(8-9)12-6-10(13)2-3-11(12)14/h2-3,6,9,15H,4-5,7-8H2,1H3. The zero-order valence-corrected chi connectivity index (χ0v) is 9.34. The van der Waals surface area contributed by atoms with Gasteiger partial charge in [0.15, 0.2) is 0 Å². The van der Waals surface area contributed by atoms with Crippen LogP contribution in [0.1, 0.15) is 6.92 Å². The van der Waals surface area contributed by atoms with Gasteiger partial charge in [0.05, 0.1) is 5.69 Å². The number of nitrogens with one attached hydrogen (secondary N) is 1. The van der Waals surface area contributed by atoms with E-state index in [9.17, 15) is 8.78 Å². The third kappa shape index (κ3) is 2.50. The lowest BCUT2D eigenvalue weighted by Gasteiger charge is -2.24.